The molecule has 6 aromatic rings. The van der Waals surface area contributed by atoms with Gasteiger partial charge in [-0.25, -0.2) is 19.6 Å². The van der Waals surface area contributed by atoms with Gasteiger partial charge in [0.15, 0.2) is 0 Å². The minimum atomic E-state index is -0.517. The Morgan fingerprint density at radius 2 is 0.985 bits per heavy atom. The van der Waals surface area contributed by atoms with Crippen molar-refractivity contribution in [2.75, 3.05) is 13.2 Å². The molecule has 0 radical (unpaired) electrons. The van der Waals surface area contributed by atoms with Crippen molar-refractivity contribution in [2.24, 2.45) is 11.5 Å². The number of carbonyl (C=O) groups is 2. The van der Waals surface area contributed by atoms with Gasteiger partial charge in [-0.3, -0.25) is 19.9 Å². The van der Waals surface area contributed by atoms with Gasteiger partial charge in [-0.1, -0.05) is 41.5 Å². The molecule has 2 atom stereocenters. The highest BCUT2D eigenvalue weighted by Gasteiger charge is 2.37. The van der Waals surface area contributed by atoms with Crippen molar-refractivity contribution in [1.82, 2.24) is 29.9 Å². The van der Waals surface area contributed by atoms with Crippen molar-refractivity contribution in [3.8, 4) is 11.8 Å². The maximum atomic E-state index is 12.2. The van der Waals surface area contributed by atoms with Gasteiger partial charge in [-0.15, -0.1) is 0 Å². The molecule has 6 aromatic heterocycles. The summed E-state index contributed by atoms with van der Waals surface area (Å²) in [6.45, 7) is 17.0. The molecule has 14 nitrogen and oxygen atoms in total. The number of esters is 2. The second-order valence-corrected chi connectivity index (χ2v) is 20.2. The van der Waals surface area contributed by atoms with Crippen LogP contribution in [0.15, 0.2) is 61.2 Å². The van der Waals surface area contributed by atoms with Crippen molar-refractivity contribution in [1.29, 1.82) is 0 Å². The van der Waals surface area contributed by atoms with E-state index >= 15 is 0 Å². The number of aromatic nitrogens is 6. The first-order valence-corrected chi connectivity index (χ1v) is 23.2. The van der Waals surface area contributed by atoms with Crippen LogP contribution in [0.25, 0.3) is 21.5 Å². The quantitative estimate of drug-likeness (QED) is 0.111. The van der Waals surface area contributed by atoms with Gasteiger partial charge in [0.1, 0.15) is 25.4 Å². The highest BCUT2D eigenvalue weighted by atomic mass is 16.5. The number of fused-ring (bicyclic) bond motifs is 4. The zero-order chi connectivity index (χ0) is 46.8. The standard InChI is InChI=1S/2C26H30N4O3/c2*1-5-26(4,27)21-13-29-23(33-17-7-8-17)20-12-28-16(11-19(20)21)10-15-6-9-18-22(30-15)25(2,3)14-32-24(18)31/h2*6,9,11-13,17H,5,7-8,10,14,27H2,1-4H3/t2*26-/m10/s1. The Hall–Kier alpha value is -6.12. The molecular formula is C52H60N8O6. The summed E-state index contributed by atoms with van der Waals surface area (Å²) in [5.41, 5.74) is 19.7. The third-order valence-electron chi connectivity index (χ3n) is 13.4. The SMILES string of the molecule is CC[C@@](C)(N)c1cnc(OC2CC2)c2cnc(Cc3ccc4c(n3)C(C)(C)COC4=O)cc12.CC[C@](C)(N)c1cnc(OC2CC2)c2cnc(Cc3ccc4c(n3)C(C)(C)COC4=O)cc12. The number of ether oxygens (including phenoxy) is 4. The van der Waals surface area contributed by atoms with E-state index in [-0.39, 0.29) is 35.0 Å². The third-order valence-corrected chi connectivity index (χ3v) is 13.4. The topological polar surface area (TPSA) is 200 Å². The Labute approximate surface area is 385 Å². The average Bonchev–Trinajstić information content (AvgIpc) is 4.25. The number of nitrogens with two attached hydrogens (primary N) is 2. The molecule has 0 saturated heterocycles. The van der Waals surface area contributed by atoms with E-state index in [1.165, 1.54) is 0 Å². The minimum Gasteiger partial charge on any atom is -0.474 e. The molecule has 2 fully saturated rings. The molecule has 2 aliphatic carbocycles. The zero-order valence-corrected chi connectivity index (χ0v) is 39.3. The van der Waals surface area contributed by atoms with Crippen LogP contribution < -0.4 is 20.9 Å². The molecule has 14 heteroatoms. The molecule has 66 heavy (non-hydrogen) atoms. The summed E-state index contributed by atoms with van der Waals surface area (Å²) in [5, 5.41) is 3.80. The molecule has 2 aliphatic heterocycles. The zero-order valence-electron chi connectivity index (χ0n) is 39.3. The number of pyridine rings is 6. The van der Waals surface area contributed by atoms with E-state index in [9.17, 15) is 9.59 Å². The van der Waals surface area contributed by atoms with Gasteiger partial charge >= 0.3 is 11.9 Å². The van der Waals surface area contributed by atoms with Crippen molar-refractivity contribution in [2.45, 2.75) is 141 Å². The fourth-order valence-corrected chi connectivity index (χ4v) is 8.38. The van der Waals surface area contributed by atoms with Crippen LogP contribution in [0.5, 0.6) is 11.8 Å². The van der Waals surface area contributed by atoms with Gasteiger partial charge in [0, 0.05) is 82.3 Å². The predicted octanol–water partition coefficient (Wildman–Crippen LogP) is 8.38. The van der Waals surface area contributed by atoms with Crippen LogP contribution in [0.3, 0.4) is 0 Å². The number of carbonyl (C=O) groups excluding carboxylic acids is 2. The second kappa shape index (κ2) is 16.9. The van der Waals surface area contributed by atoms with Crippen molar-refractivity contribution < 1.29 is 28.5 Å². The summed E-state index contributed by atoms with van der Waals surface area (Å²) in [4.78, 5) is 52.6. The average molecular weight is 893 g/mol. The largest absolute Gasteiger partial charge is 0.474 e. The predicted molar refractivity (Wildman–Crippen MR) is 251 cm³/mol. The van der Waals surface area contributed by atoms with Crippen LogP contribution >= 0.6 is 0 Å². The van der Waals surface area contributed by atoms with Gasteiger partial charge in [0.2, 0.25) is 11.8 Å². The molecule has 344 valence electrons. The third kappa shape index (κ3) is 9.05. The fourth-order valence-electron chi connectivity index (χ4n) is 8.38. The van der Waals surface area contributed by atoms with Crippen LogP contribution in [0.1, 0.15) is 160 Å². The lowest BCUT2D eigenvalue weighted by atomic mass is 9.84. The molecule has 0 spiro atoms. The van der Waals surface area contributed by atoms with Crippen molar-refractivity contribution in [3.63, 3.8) is 0 Å². The van der Waals surface area contributed by atoms with Crippen LogP contribution in [-0.4, -0.2) is 67.3 Å². The van der Waals surface area contributed by atoms with Gasteiger partial charge in [0.05, 0.1) is 33.3 Å². The first-order valence-electron chi connectivity index (χ1n) is 23.2. The number of cyclic esters (lactones) is 2. The van der Waals surface area contributed by atoms with E-state index in [1.807, 2.05) is 90.6 Å². The molecule has 0 amide bonds. The van der Waals surface area contributed by atoms with Gasteiger partial charge in [-0.05, 0) is 111 Å². The van der Waals surface area contributed by atoms with Gasteiger partial charge in [0.25, 0.3) is 0 Å². The number of nitrogens with zero attached hydrogens (tertiary/aromatic N) is 6. The Morgan fingerprint density at radius 1 is 0.591 bits per heavy atom. The maximum Gasteiger partial charge on any atom is 0.340 e. The Kier molecular flexibility index (Phi) is 11.6. The van der Waals surface area contributed by atoms with Crippen molar-refractivity contribution in [3.05, 3.63) is 118 Å². The molecular weight excluding hydrogens is 833 g/mol. The number of rotatable bonds is 12. The van der Waals surface area contributed by atoms with Crippen molar-refractivity contribution >= 4 is 33.5 Å². The summed E-state index contributed by atoms with van der Waals surface area (Å²) in [6, 6.07) is 11.5. The summed E-state index contributed by atoms with van der Waals surface area (Å²) in [5.74, 6) is 0.618. The Balaban J connectivity index is 0.000000166. The molecule has 4 N–H and O–H groups in total. The molecule has 0 bridgehead atoms. The van der Waals surface area contributed by atoms with Gasteiger partial charge < -0.3 is 30.4 Å². The first kappa shape index (κ1) is 45.1. The molecule has 0 unspecified atom stereocenters. The fraction of sp³-hybridized carbons (Fsp3) is 0.462. The molecule has 0 aromatic carbocycles. The van der Waals surface area contributed by atoms with Crippen LogP contribution in [-0.2, 0) is 44.2 Å². The molecule has 4 aliphatic rings. The van der Waals surface area contributed by atoms with E-state index in [2.05, 4.69) is 35.9 Å². The van der Waals surface area contributed by atoms with E-state index in [0.717, 1.165) is 105 Å². The monoisotopic (exact) mass is 892 g/mol. The van der Waals surface area contributed by atoms with E-state index in [0.29, 0.717) is 48.9 Å². The Morgan fingerprint density at radius 3 is 1.35 bits per heavy atom. The maximum absolute atomic E-state index is 12.2. The summed E-state index contributed by atoms with van der Waals surface area (Å²) in [7, 11) is 0. The lowest BCUT2D eigenvalue weighted by Gasteiger charge is -2.30. The summed E-state index contributed by atoms with van der Waals surface area (Å²) in [6.07, 6.45) is 14.8. The molecule has 10 rings (SSSR count). The first-order chi connectivity index (χ1) is 31.4. The minimum absolute atomic E-state index is 0.247. The Bertz CT molecular complexity index is 2690. The van der Waals surface area contributed by atoms with E-state index in [4.69, 9.17) is 50.4 Å². The highest BCUT2D eigenvalue weighted by molar-refractivity contribution is 5.93. The number of hydrogen-bond donors (Lipinski definition) is 2. The van der Waals surface area contributed by atoms with Crippen LogP contribution in [0.2, 0.25) is 0 Å². The van der Waals surface area contributed by atoms with Crippen LogP contribution in [0.4, 0.5) is 0 Å². The highest BCUT2D eigenvalue weighted by Crippen LogP contribution is 2.39. The normalized spacial score (nSPS) is 19.0. The molecule has 2 saturated carbocycles. The molecule has 8 heterocycles. The van der Waals surface area contributed by atoms with E-state index in [1.54, 1.807) is 0 Å². The van der Waals surface area contributed by atoms with E-state index < -0.39 is 11.1 Å². The van der Waals surface area contributed by atoms with Gasteiger partial charge in [-0.2, -0.15) is 0 Å². The smallest absolute Gasteiger partial charge is 0.340 e. The second-order valence-electron chi connectivity index (χ2n) is 20.2. The number of hydrogen-bond acceptors (Lipinski definition) is 14. The van der Waals surface area contributed by atoms with Crippen LogP contribution in [0, 0.1) is 0 Å². The lowest BCUT2D eigenvalue weighted by Crippen LogP contribution is -2.35. The lowest BCUT2D eigenvalue weighted by molar-refractivity contribution is 0.0358. The summed E-state index contributed by atoms with van der Waals surface area (Å²) >= 11 is 0. The summed E-state index contributed by atoms with van der Waals surface area (Å²) < 4.78 is 22.7.